The van der Waals surface area contributed by atoms with E-state index in [2.05, 4.69) is 120 Å². The highest BCUT2D eigenvalue weighted by molar-refractivity contribution is 6.39. The molecule has 3 aromatic heterocycles. The number of rotatable bonds is 2. The molecular weight excluding hydrogens is 538 g/mol. The van der Waals surface area contributed by atoms with Gasteiger partial charge in [-0.05, 0) is 34.4 Å². The Morgan fingerprint density at radius 3 is 2.07 bits per heavy atom. The van der Waals surface area contributed by atoms with Crippen LogP contribution in [0.5, 0.6) is 0 Å². The average Bonchev–Trinajstić information content (AvgIpc) is 3.65. The van der Waals surface area contributed by atoms with Crippen LogP contribution in [0.3, 0.4) is 0 Å². The molecule has 0 aliphatic rings. The summed E-state index contributed by atoms with van der Waals surface area (Å²) < 4.78 is 9.05. The van der Waals surface area contributed by atoms with Crippen molar-refractivity contribution < 1.29 is 4.42 Å². The molecule has 0 spiro atoms. The van der Waals surface area contributed by atoms with Crippen LogP contribution in [0, 0.1) is 0 Å². The summed E-state index contributed by atoms with van der Waals surface area (Å²) in [5.74, 6) is 0.621. The lowest BCUT2D eigenvalue weighted by Gasteiger charge is -2.12. The van der Waals surface area contributed by atoms with Crippen LogP contribution in [0.25, 0.3) is 93.4 Å². The summed E-state index contributed by atoms with van der Waals surface area (Å²) in [4.78, 5) is 10.5. The maximum Gasteiger partial charge on any atom is 0.235 e. The van der Waals surface area contributed by atoms with Crippen molar-refractivity contribution in [3.05, 3.63) is 140 Å². The Balaban J connectivity index is 1.48. The Labute approximate surface area is 251 Å². The Hall–Kier alpha value is -6.00. The number of para-hydroxylation sites is 3. The van der Waals surface area contributed by atoms with Crippen LogP contribution in [0.2, 0.25) is 0 Å². The van der Waals surface area contributed by atoms with Gasteiger partial charge in [0.1, 0.15) is 11.1 Å². The minimum Gasteiger partial charge on any atom is -0.454 e. The van der Waals surface area contributed by atoms with Crippen LogP contribution in [0.4, 0.5) is 0 Å². The van der Waals surface area contributed by atoms with E-state index in [0.29, 0.717) is 5.95 Å². The molecule has 0 aliphatic carbocycles. The molecule has 0 radical (unpaired) electrons. The number of aromatic nitrogens is 3. The van der Waals surface area contributed by atoms with E-state index < -0.39 is 0 Å². The summed E-state index contributed by atoms with van der Waals surface area (Å²) in [6.07, 6.45) is 0. The molecule has 0 aliphatic heterocycles. The average molecular weight is 562 g/mol. The van der Waals surface area contributed by atoms with E-state index in [1.54, 1.807) is 0 Å². The molecule has 0 fully saturated rings. The van der Waals surface area contributed by atoms with E-state index in [1.165, 1.54) is 21.5 Å². The SMILES string of the molecule is c1ccc(-c2nc(-n3c4ccccc4c4c5ccc6ccccc6c5c5c6ccccc6oc5c43)nc3ccccc23)cc1. The Kier molecular flexibility index (Phi) is 4.69. The molecule has 204 valence electrons. The van der Waals surface area contributed by atoms with Crippen molar-refractivity contribution in [2.45, 2.75) is 0 Å². The van der Waals surface area contributed by atoms with Crippen LogP contribution in [0.15, 0.2) is 144 Å². The normalized spacial score (nSPS) is 12.1. The predicted molar refractivity (Wildman–Crippen MR) is 182 cm³/mol. The van der Waals surface area contributed by atoms with Crippen molar-refractivity contribution in [3.8, 4) is 17.2 Å². The standard InChI is InChI=1S/C40H23N3O/c1-2-13-25(14-3-1)37-27-16-6-9-19-31(27)41-40(42-37)43-32-20-10-7-17-28(32)35-30-23-22-24-12-4-5-15-26(24)34(30)36-29-18-8-11-21-33(29)44-39(36)38(35)43/h1-23H. The van der Waals surface area contributed by atoms with Gasteiger partial charge in [-0.25, -0.2) is 9.97 Å². The van der Waals surface area contributed by atoms with Gasteiger partial charge in [-0.1, -0.05) is 121 Å². The second kappa shape index (κ2) is 8.76. The molecule has 0 bridgehead atoms. The van der Waals surface area contributed by atoms with Gasteiger partial charge < -0.3 is 4.42 Å². The first-order chi connectivity index (χ1) is 21.8. The molecule has 0 saturated heterocycles. The third-order valence-corrected chi connectivity index (χ3v) is 8.97. The number of furan rings is 1. The molecule has 0 amide bonds. The van der Waals surface area contributed by atoms with E-state index in [4.69, 9.17) is 14.4 Å². The molecule has 10 aromatic rings. The lowest BCUT2D eigenvalue weighted by Crippen LogP contribution is -2.03. The molecule has 0 atom stereocenters. The van der Waals surface area contributed by atoms with Gasteiger partial charge in [0.25, 0.3) is 0 Å². The number of hydrogen-bond donors (Lipinski definition) is 0. The maximum atomic E-state index is 6.84. The highest BCUT2D eigenvalue weighted by atomic mass is 16.3. The first-order valence-electron chi connectivity index (χ1n) is 14.9. The van der Waals surface area contributed by atoms with Crippen molar-refractivity contribution in [1.82, 2.24) is 14.5 Å². The molecule has 0 saturated carbocycles. The zero-order valence-corrected chi connectivity index (χ0v) is 23.5. The lowest BCUT2D eigenvalue weighted by atomic mass is 9.94. The minimum atomic E-state index is 0.621. The van der Waals surface area contributed by atoms with E-state index in [1.807, 2.05) is 24.3 Å². The van der Waals surface area contributed by atoms with Crippen molar-refractivity contribution in [2.75, 3.05) is 0 Å². The molecule has 7 aromatic carbocycles. The second-order valence-corrected chi connectivity index (χ2v) is 11.3. The lowest BCUT2D eigenvalue weighted by molar-refractivity contribution is 0.671. The first kappa shape index (κ1) is 23.6. The fourth-order valence-electron chi connectivity index (χ4n) is 7.13. The molecular formula is C40H23N3O. The highest BCUT2D eigenvalue weighted by Gasteiger charge is 2.25. The monoisotopic (exact) mass is 561 g/mol. The molecule has 0 N–H and O–H groups in total. The minimum absolute atomic E-state index is 0.621. The Morgan fingerprint density at radius 2 is 1.18 bits per heavy atom. The molecule has 0 unspecified atom stereocenters. The van der Waals surface area contributed by atoms with Crippen LogP contribution < -0.4 is 0 Å². The van der Waals surface area contributed by atoms with Gasteiger partial charge in [-0.15, -0.1) is 0 Å². The third-order valence-electron chi connectivity index (χ3n) is 8.97. The van der Waals surface area contributed by atoms with Gasteiger partial charge >= 0.3 is 0 Å². The van der Waals surface area contributed by atoms with Gasteiger partial charge in [0.2, 0.25) is 5.95 Å². The summed E-state index contributed by atoms with van der Waals surface area (Å²) in [6.45, 7) is 0. The van der Waals surface area contributed by atoms with Gasteiger partial charge in [0, 0.05) is 37.9 Å². The van der Waals surface area contributed by atoms with Crippen molar-refractivity contribution in [2.24, 2.45) is 0 Å². The summed E-state index contributed by atoms with van der Waals surface area (Å²) in [7, 11) is 0. The van der Waals surface area contributed by atoms with Crippen LogP contribution in [0.1, 0.15) is 0 Å². The zero-order valence-electron chi connectivity index (χ0n) is 23.5. The van der Waals surface area contributed by atoms with Crippen LogP contribution in [-0.4, -0.2) is 14.5 Å². The highest BCUT2D eigenvalue weighted by Crippen LogP contribution is 2.47. The fourth-order valence-corrected chi connectivity index (χ4v) is 7.13. The van der Waals surface area contributed by atoms with Crippen LogP contribution in [-0.2, 0) is 0 Å². The van der Waals surface area contributed by atoms with Gasteiger partial charge in [0.15, 0.2) is 5.58 Å². The largest absolute Gasteiger partial charge is 0.454 e. The number of fused-ring (bicyclic) bond motifs is 13. The third kappa shape index (κ3) is 3.11. The second-order valence-electron chi connectivity index (χ2n) is 11.3. The van der Waals surface area contributed by atoms with E-state index in [-0.39, 0.29) is 0 Å². The van der Waals surface area contributed by atoms with Gasteiger partial charge in [0.05, 0.1) is 16.7 Å². The summed E-state index contributed by atoms with van der Waals surface area (Å²) >= 11 is 0. The van der Waals surface area contributed by atoms with E-state index in [0.717, 1.165) is 65.9 Å². The number of hydrogen-bond acceptors (Lipinski definition) is 3. The van der Waals surface area contributed by atoms with Gasteiger partial charge in [-0.3, -0.25) is 4.57 Å². The van der Waals surface area contributed by atoms with Gasteiger partial charge in [-0.2, -0.15) is 0 Å². The topological polar surface area (TPSA) is 43.9 Å². The smallest absolute Gasteiger partial charge is 0.235 e. The summed E-state index contributed by atoms with van der Waals surface area (Å²) in [6, 6.07) is 48.7. The zero-order chi connectivity index (χ0) is 28.8. The maximum absolute atomic E-state index is 6.84. The number of nitrogens with zero attached hydrogens (tertiary/aromatic N) is 3. The molecule has 3 heterocycles. The number of benzene rings is 7. The summed E-state index contributed by atoms with van der Waals surface area (Å²) in [5.41, 5.74) is 6.59. The van der Waals surface area contributed by atoms with E-state index >= 15 is 0 Å². The van der Waals surface area contributed by atoms with Crippen molar-refractivity contribution in [1.29, 1.82) is 0 Å². The molecule has 44 heavy (non-hydrogen) atoms. The Bertz CT molecular complexity index is 2770. The quantitative estimate of drug-likeness (QED) is 0.197. The van der Waals surface area contributed by atoms with Crippen molar-refractivity contribution >= 4 is 76.2 Å². The molecule has 10 rings (SSSR count). The first-order valence-corrected chi connectivity index (χ1v) is 14.9. The molecule has 4 nitrogen and oxygen atoms in total. The molecule has 4 heteroatoms. The Morgan fingerprint density at radius 1 is 0.477 bits per heavy atom. The summed E-state index contributed by atoms with van der Waals surface area (Å²) in [5, 5.41) is 10.4. The van der Waals surface area contributed by atoms with E-state index in [9.17, 15) is 0 Å². The van der Waals surface area contributed by atoms with Crippen LogP contribution >= 0.6 is 0 Å². The fraction of sp³-hybridized carbons (Fsp3) is 0. The predicted octanol–water partition coefficient (Wildman–Crippen LogP) is 10.6. The van der Waals surface area contributed by atoms with Crippen molar-refractivity contribution in [3.63, 3.8) is 0 Å².